The lowest BCUT2D eigenvalue weighted by molar-refractivity contribution is 0.0527. The van der Waals surface area contributed by atoms with E-state index in [-0.39, 0.29) is 17.9 Å². The highest BCUT2D eigenvalue weighted by molar-refractivity contribution is 6.05. The molecule has 2 aromatic carbocycles. The minimum Gasteiger partial charge on any atom is -0.462 e. The number of nitrogens with zero attached hydrogens (tertiary/aromatic N) is 1. The van der Waals surface area contributed by atoms with Crippen LogP contribution in [0.1, 0.15) is 17.3 Å². The van der Waals surface area contributed by atoms with Crippen LogP contribution in [0.25, 0.3) is 33.6 Å². The lowest BCUT2D eigenvalue weighted by Gasteiger charge is -2.06. The molecule has 0 aliphatic carbocycles. The van der Waals surface area contributed by atoms with Crippen molar-refractivity contribution < 1.29 is 18.5 Å². The van der Waals surface area contributed by atoms with E-state index in [1.807, 2.05) is 36.4 Å². The molecular weight excluding hydrogens is 346 g/mol. The van der Waals surface area contributed by atoms with Gasteiger partial charge in [0.2, 0.25) is 0 Å². The maximum atomic E-state index is 12.7. The van der Waals surface area contributed by atoms with E-state index in [2.05, 4.69) is 5.16 Å². The van der Waals surface area contributed by atoms with Gasteiger partial charge in [0.05, 0.1) is 6.61 Å². The standard InChI is InChI=1S/C21H15NO5/c1-2-25-21(24)18-19(22-27-20(18)13-8-4-3-5-9-13)15-12-17(23)26-16-11-7-6-10-14(15)16/h3-12H,2H2,1H3. The molecule has 2 heterocycles. The van der Waals surface area contributed by atoms with Gasteiger partial charge in [-0.1, -0.05) is 53.7 Å². The Morgan fingerprint density at radius 1 is 1.07 bits per heavy atom. The molecule has 6 nitrogen and oxygen atoms in total. The maximum Gasteiger partial charge on any atom is 0.344 e. The second-order valence-corrected chi connectivity index (χ2v) is 5.80. The van der Waals surface area contributed by atoms with Crippen LogP contribution in [0, 0.1) is 0 Å². The molecule has 0 atom stereocenters. The van der Waals surface area contributed by atoms with Crippen molar-refractivity contribution in [3.8, 4) is 22.6 Å². The first-order valence-electron chi connectivity index (χ1n) is 8.44. The second kappa shape index (κ2) is 6.92. The lowest BCUT2D eigenvalue weighted by atomic mass is 10.0. The highest BCUT2D eigenvalue weighted by Crippen LogP contribution is 2.35. The van der Waals surface area contributed by atoms with E-state index < -0.39 is 11.6 Å². The number of ether oxygens (including phenoxy) is 1. The molecule has 0 fully saturated rings. The fourth-order valence-corrected chi connectivity index (χ4v) is 2.96. The van der Waals surface area contributed by atoms with Crippen LogP contribution < -0.4 is 5.63 Å². The van der Waals surface area contributed by atoms with E-state index in [1.165, 1.54) is 6.07 Å². The number of hydrogen-bond donors (Lipinski definition) is 0. The van der Waals surface area contributed by atoms with Crippen molar-refractivity contribution in [1.82, 2.24) is 5.16 Å². The largest absolute Gasteiger partial charge is 0.462 e. The van der Waals surface area contributed by atoms with Crippen molar-refractivity contribution in [3.63, 3.8) is 0 Å². The summed E-state index contributed by atoms with van der Waals surface area (Å²) in [6.07, 6.45) is 0. The number of rotatable bonds is 4. The fourth-order valence-electron chi connectivity index (χ4n) is 2.96. The molecule has 0 saturated heterocycles. The molecule has 0 N–H and O–H groups in total. The Bertz CT molecular complexity index is 1170. The molecule has 0 radical (unpaired) electrons. The molecule has 6 heteroatoms. The van der Waals surface area contributed by atoms with Gasteiger partial charge in [0.25, 0.3) is 0 Å². The molecule has 0 amide bonds. The third-order valence-electron chi connectivity index (χ3n) is 4.11. The molecule has 134 valence electrons. The van der Waals surface area contributed by atoms with Crippen LogP contribution >= 0.6 is 0 Å². The topological polar surface area (TPSA) is 82.5 Å². The molecule has 0 spiro atoms. The average Bonchev–Trinajstić information content (AvgIpc) is 3.13. The summed E-state index contributed by atoms with van der Waals surface area (Å²) in [5.74, 6) is -0.272. The van der Waals surface area contributed by atoms with Gasteiger partial charge in [-0.2, -0.15) is 0 Å². The summed E-state index contributed by atoms with van der Waals surface area (Å²) in [5, 5.41) is 4.75. The van der Waals surface area contributed by atoms with Gasteiger partial charge < -0.3 is 13.7 Å². The molecule has 0 aliphatic heterocycles. The Balaban J connectivity index is 2.01. The third kappa shape index (κ3) is 3.01. The molecular formula is C21H15NO5. The van der Waals surface area contributed by atoms with Gasteiger partial charge >= 0.3 is 11.6 Å². The van der Waals surface area contributed by atoms with Crippen LogP contribution in [0.2, 0.25) is 0 Å². The number of carbonyl (C=O) groups is 1. The Labute approximate surface area is 154 Å². The van der Waals surface area contributed by atoms with Gasteiger partial charge in [0.1, 0.15) is 16.8 Å². The summed E-state index contributed by atoms with van der Waals surface area (Å²) in [6.45, 7) is 1.93. The Morgan fingerprint density at radius 2 is 1.81 bits per heavy atom. The monoisotopic (exact) mass is 361 g/mol. The number of para-hydroxylation sites is 1. The molecule has 27 heavy (non-hydrogen) atoms. The highest BCUT2D eigenvalue weighted by Gasteiger charge is 2.27. The van der Waals surface area contributed by atoms with E-state index in [4.69, 9.17) is 13.7 Å². The van der Waals surface area contributed by atoms with Crippen LogP contribution in [0.4, 0.5) is 0 Å². The molecule has 0 unspecified atom stereocenters. The smallest absolute Gasteiger partial charge is 0.344 e. The van der Waals surface area contributed by atoms with Crippen molar-refractivity contribution >= 4 is 16.9 Å². The summed E-state index contributed by atoms with van der Waals surface area (Å²) < 4.78 is 16.0. The number of esters is 1. The Morgan fingerprint density at radius 3 is 2.59 bits per heavy atom. The summed E-state index contributed by atoms with van der Waals surface area (Å²) >= 11 is 0. The zero-order valence-corrected chi connectivity index (χ0v) is 14.5. The van der Waals surface area contributed by atoms with Crippen molar-refractivity contribution in [2.24, 2.45) is 0 Å². The van der Waals surface area contributed by atoms with Crippen molar-refractivity contribution in [1.29, 1.82) is 0 Å². The number of fused-ring (bicyclic) bond motifs is 1. The number of carbonyl (C=O) groups excluding carboxylic acids is 1. The highest BCUT2D eigenvalue weighted by atomic mass is 16.5. The van der Waals surface area contributed by atoms with Gasteiger partial charge in [-0.3, -0.25) is 0 Å². The van der Waals surface area contributed by atoms with Crippen LogP contribution in [-0.4, -0.2) is 17.7 Å². The SMILES string of the molecule is CCOC(=O)c1c(-c2cc(=O)oc3ccccc23)noc1-c1ccccc1. The van der Waals surface area contributed by atoms with E-state index in [0.29, 0.717) is 27.9 Å². The summed E-state index contributed by atoms with van der Waals surface area (Å²) in [5.41, 5.74) is 1.43. The number of aromatic nitrogens is 1. The van der Waals surface area contributed by atoms with Gasteiger partial charge in [0.15, 0.2) is 5.76 Å². The Hall–Kier alpha value is -3.67. The summed E-state index contributed by atoms with van der Waals surface area (Å²) in [7, 11) is 0. The minimum atomic E-state index is -0.565. The summed E-state index contributed by atoms with van der Waals surface area (Å²) in [6, 6.07) is 17.5. The average molecular weight is 361 g/mol. The predicted octanol–water partition coefficient (Wildman–Crippen LogP) is 4.29. The maximum absolute atomic E-state index is 12.7. The molecule has 0 aliphatic rings. The van der Waals surface area contributed by atoms with Crippen LogP contribution in [0.5, 0.6) is 0 Å². The molecule has 0 saturated carbocycles. The fraction of sp³-hybridized carbons (Fsp3) is 0.0952. The van der Waals surface area contributed by atoms with E-state index >= 15 is 0 Å². The Kier molecular flexibility index (Phi) is 4.30. The van der Waals surface area contributed by atoms with Crippen molar-refractivity contribution in [2.45, 2.75) is 6.92 Å². The third-order valence-corrected chi connectivity index (χ3v) is 4.11. The normalized spacial score (nSPS) is 10.9. The zero-order chi connectivity index (χ0) is 18.8. The van der Waals surface area contributed by atoms with E-state index in [1.54, 1.807) is 25.1 Å². The van der Waals surface area contributed by atoms with E-state index in [0.717, 1.165) is 0 Å². The number of hydrogen-bond acceptors (Lipinski definition) is 6. The van der Waals surface area contributed by atoms with Gasteiger partial charge in [-0.15, -0.1) is 0 Å². The number of benzene rings is 2. The summed E-state index contributed by atoms with van der Waals surface area (Å²) in [4.78, 5) is 24.7. The van der Waals surface area contributed by atoms with Gasteiger partial charge in [-0.05, 0) is 13.0 Å². The quantitative estimate of drug-likeness (QED) is 0.398. The molecule has 2 aromatic heterocycles. The molecule has 4 aromatic rings. The molecule has 0 bridgehead atoms. The van der Waals surface area contributed by atoms with Crippen LogP contribution in [0.15, 0.2) is 74.4 Å². The first kappa shape index (κ1) is 16.8. The van der Waals surface area contributed by atoms with Crippen LogP contribution in [-0.2, 0) is 4.74 Å². The second-order valence-electron chi connectivity index (χ2n) is 5.80. The first-order valence-corrected chi connectivity index (χ1v) is 8.44. The van der Waals surface area contributed by atoms with Gasteiger partial charge in [0, 0.05) is 22.6 Å². The first-order chi connectivity index (χ1) is 13.2. The zero-order valence-electron chi connectivity index (χ0n) is 14.5. The van der Waals surface area contributed by atoms with Crippen molar-refractivity contribution in [3.05, 3.63) is 76.6 Å². The van der Waals surface area contributed by atoms with Crippen LogP contribution in [0.3, 0.4) is 0 Å². The molecule has 4 rings (SSSR count). The van der Waals surface area contributed by atoms with E-state index in [9.17, 15) is 9.59 Å². The van der Waals surface area contributed by atoms with Crippen molar-refractivity contribution in [2.75, 3.05) is 6.61 Å². The lowest BCUT2D eigenvalue weighted by Crippen LogP contribution is -2.07. The predicted molar refractivity (Wildman–Crippen MR) is 99.4 cm³/mol. The minimum absolute atomic E-state index is 0.179. The van der Waals surface area contributed by atoms with Gasteiger partial charge in [-0.25, -0.2) is 9.59 Å².